The van der Waals surface area contributed by atoms with E-state index < -0.39 is 0 Å². The van der Waals surface area contributed by atoms with Gasteiger partial charge in [0.15, 0.2) is 0 Å². The van der Waals surface area contributed by atoms with Crippen LogP contribution in [-0.2, 0) is 0 Å². The van der Waals surface area contributed by atoms with E-state index in [2.05, 4.69) is 19.2 Å². The van der Waals surface area contributed by atoms with E-state index in [-0.39, 0.29) is 11.5 Å². The van der Waals surface area contributed by atoms with Crippen LogP contribution in [0.4, 0.5) is 5.69 Å². The summed E-state index contributed by atoms with van der Waals surface area (Å²) in [6.07, 6.45) is 2.47. The molecule has 0 saturated carbocycles. The quantitative estimate of drug-likeness (QED) is 0.870. The number of rotatable bonds is 3. The summed E-state index contributed by atoms with van der Waals surface area (Å²) in [5.74, 6) is 0.966. The van der Waals surface area contributed by atoms with Gasteiger partial charge in [0, 0.05) is 19.3 Å². The fraction of sp³-hybridized carbons (Fsp3) is 0.389. The SMILES string of the molecule is CC1CC(C)CN(C(=O)c2ccccc2NC=C(C#N)C#N)C1. The standard InChI is InChI=1S/C18H20N4O/c1-13-7-14(2)12-22(11-13)18(23)16-5-3-4-6-17(16)21-10-15(8-19)9-20/h3-6,10,13-14,21H,7,11-12H2,1-2H3. The summed E-state index contributed by atoms with van der Waals surface area (Å²) >= 11 is 0. The molecule has 1 aromatic rings. The number of allylic oxidation sites excluding steroid dienone is 1. The van der Waals surface area contributed by atoms with Crippen molar-refractivity contribution in [3.05, 3.63) is 41.6 Å². The monoisotopic (exact) mass is 308 g/mol. The molecular formula is C18H20N4O. The van der Waals surface area contributed by atoms with Crippen LogP contribution in [0.3, 0.4) is 0 Å². The van der Waals surface area contributed by atoms with Crippen LogP contribution in [0.5, 0.6) is 0 Å². The van der Waals surface area contributed by atoms with Crippen molar-refractivity contribution in [2.45, 2.75) is 20.3 Å². The number of hydrogen-bond donors (Lipinski definition) is 1. The lowest BCUT2D eigenvalue weighted by atomic mass is 9.91. The maximum Gasteiger partial charge on any atom is 0.255 e. The third kappa shape index (κ3) is 4.11. The fourth-order valence-electron chi connectivity index (χ4n) is 3.03. The Kier molecular flexibility index (Phi) is 5.38. The van der Waals surface area contributed by atoms with Gasteiger partial charge in [-0.05, 0) is 30.4 Å². The molecule has 0 aliphatic carbocycles. The topological polar surface area (TPSA) is 79.9 Å². The second kappa shape index (κ2) is 7.47. The van der Waals surface area contributed by atoms with Gasteiger partial charge in [-0.25, -0.2) is 0 Å². The molecule has 1 aromatic carbocycles. The van der Waals surface area contributed by atoms with E-state index in [4.69, 9.17) is 10.5 Å². The van der Waals surface area contributed by atoms with Crippen LogP contribution < -0.4 is 5.32 Å². The highest BCUT2D eigenvalue weighted by Gasteiger charge is 2.27. The fourth-order valence-corrected chi connectivity index (χ4v) is 3.03. The number of carbonyl (C=O) groups excluding carboxylic acids is 1. The molecule has 1 aliphatic rings. The van der Waals surface area contributed by atoms with Crippen molar-refractivity contribution in [3.8, 4) is 12.1 Å². The second-order valence-electron chi connectivity index (χ2n) is 6.13. The molecule has 1 saturated heterocycles. The van der Waals surface area contributed by atoms with Gasteiger partial charge in [-0.2, -0.15) is 10.5 Å². The number of piperidine rings is 1. The Morgan fingerprint density at radius 2 is 1.83 bits per heavy atom. The summed E-state index contributed by atoms with van der Waals surface area (Å²) in [6.45, 7) is 5.84. The van der Waals surface area contributed by atoms with Crippen molar-refractivity contribution >= 4 is 11.6 Å². The van der Waals surface area contributed by atoms with E-state index >= 15 is 0 Å². The summed E-state index contributed by atoms with van der Waals surface area (Å²) in [5, 5.41) is 20.5. The number of hydrogen-bond acceptors (Lipinski definition) is 4. The van der Waals surface area contributed by atoms with Crippen LogP contribution in [-0.4, -0.2) is 23.9 Å². The number of carbonyl (C=O) groups is 1. The molecule has 1 aliphatic heterocycles. The molecule has 1 N–H and O–H groups in total. The Morgan fingerprint density at radius 1 is 1.22 bits per heavy atom. The van der Waals surface area contributed by atoms with Crippen LogP contribution in [0.25, 0.3) is 0 Å². The maximum atomic E-state index is 12.8. The normalized spacial score (nSPS) is 20.1. The summed E-state index contributed by atoms with van der Waals surface area (Å²) in [7, 11) is 0. The number of amides is 1. The van der Waals surface area contributed by atoms with E-state index in [0.717, 1.165) is 19.5 Å². The molecule has 2 rings (SSSR count). The minimum absolute atomic E-state index is 0.0182. The Labute approximate surface area is 136 Å². The summed E-state index contributed by atoms with van der Waals surface area (Å²) < 4.78 is 0. The molecule has 2 unspecified atom stereocenters. The second-order valence-corrected chi connectivity index (χ2v) is 6.13. The number of likely N-dealkylation sites (tertiary alicyclic amines) is 1. The number of anilines is 1. The Hall–Kier alpha value is -2.79. The van der Waals surface area contributed by atoms with Crippen molar-refractivity contribution in [1.82, 2.24) is 4.90 Å². The van der Waals surface area contributed by atoms with Crippen molar-refractivity contribution in [2.24, 2.45) is 11.8 Å². The molecule has 1 fully saturated rings. The van der Waals surface area contributed by atoms with E-state index in [1.807, 2.05) is 17.0 Å². The molecule has 5 heteroatoms. The molecule has 1 heterocycles. The van der Waals surface area contributed by atoms with Gasteiger partial charge < -0.3 is 10.2 Å². The highest BCUT2D eigenvalue weighted by atomic mass is 16.2. The minimum Gasteiger partial charge on any atom is -0.359 e. The molecule has 0 aromatic heterocycles. The lowest BCUT2D eigenvalue weighted by Crippen LogP contribution is -2.42. The zero-order valence-electron chi connectivity index (χ0n) is 13.4. The first kappa shape index (κ1) is 16.6. The first-order valence-corrected chi connectivity index (χ1v) is 7.70. The molecule has 2 atom stereocenters. The van der Waals surface area contributed by atoms with Crippen LogP contribution in [0.15, 0.2) is 36.0 Å². The van der Waals surface area contributed by atoms with Gasteiger partial charge in [-0.1, -0.05) is 26.0 Å². The minimum atomic E-state index is -0.0348. The van der Waals surface area contributed by atoms with Crippen LogP contribution in [0.1, 0.15) is 30.6 Å². The predicted molar refractivity (Wildman–Crippen MR) is 88.2 cm³/mol. The zero-order valence-corrected chi connectivity index (χ0v) is 13.4. The van der Waals surface area contributed by atoms with Gasteiger partial charge in [0.2, 0.25) is 0 Å². The largest absolute Gasteiger partial charge is 0.359 e. The van der Waals surface area contributed by atoms with E-state index in [9.17, 15) is 4.79 Å². The van der Waals surface area contributed by atoms with Gasteiger partial charge >= 0.3 is 0 Å². The van der Waals surface area contributed by atoms with Gasteiger partial charge in [-0.15, -0.1) is 0 Å². The van der Waals surface area contributed by atoms with Gasteiger partial charge in [-0.3, -0.25) is 4.79 Å². The molecular weight excluding hydrogens is 288 g/mol. The predicted octanol–water partition coefficient (Wildman–Crippen LogP) is 3.15. The first-order valence-electron chi connectivity index (χ1n) is 7.70. The molecule has 118 valence electrons. The van der Waals surface area contributed by atoms with Crippen LogP contribution in [0.2, 0.25) is 0 Å². The van der Waals surface area contributed by atoms with Crippen molar-refractivity contribution in [3.63, 3.8) is 0 Å². The number of nitriles is 2. The Balaban J connectivity index is 2.23. The van der Waals surface area contributed by atoms with Crippen LogP contribution >= 0.6 is 0 Å². The number of nitrogens with one attached hydrogen (secondary N) is 1. The lowest BCUT2D eigenvalue weighted by molar-refractivity contribution is 0.0624. The molecule has 1 amide bonds. The highest BCUT2D eigenvalue weighted by molar-refractivity contribution is 5.99. The number of benzene rings is 1. The summed E-state index contributed by atoms with van der Waals surface area (Å²) in [5.41, 5.74) is 1.12. The lowest BCUT2D eigenvalue weighted by Gasteiger charge is -2.35. The molecule has 0 radical (unpaired) electrons. The van der Waals surface area contributed by atoms with Crippen molar-refractivity contribution in [2.75, 3.05) is 18.4 Å². The smallest absolute Gasteiger partial charge is 0.255 e. The number of para-hydroxylation sites is 1. The van der Waals surface area contributed by atoms with Gasteiger partial charge in [0.05, 0.1) is 11.3 Å². The summed E-state index contributed by atoms with van der Waals surface area (Å²) in [6, 6.07) is 10.7. The van der Waals surface area contributed by atoms with E-state index in [1.54, 1.807) is 24.3 Å². The van der Waals surface area contributed by atoms with Gasteiger partial charge in [0.1, 0.15) is 17.7 Å². The average Bonchev–Trinajstić information content (AvgIpc) is 2.54. The summed E-state index contributed by atoms with van der Waals surface area (Å²) in [4.78, 5) is 14.7. The first-order chi connectivity index (χ1) is 11.0. The Bertz CT molecular complexity index is 670. The maximum absolute atomic E-state index is 12.8. The average molecular weight is 308 g/mol. The van der Waals surface area contributed by atoms with E-state index in [1.165, 1.54) is 6.20 Å². The molecule has 5 nitrogen and oxygen atoms in total. The van der Waals surface area contributed by atoms with Crippen molar-refractivity contribution < 1.29 is 4.79 Å². The Morgan fingerprint density at radius 3 is 2.43 bits per heavy atom. The molecule has 23 heavy (non-hydrogen) atoms. The highest BCUT2D eigenvalue weighted by Crippen LogP contribution is 2.25. The molecule has 0 spiro atoms. The number of nitrogens with zero attached hydrogens (tertiary/aromatic N) is 3. The van der Waals surface area contributed by atoms with Crippen molar-refractivity contribution in [1.29, 1.82) is 10.5 Å². The van der Waals surface area contributed by atoms with E-state index in [0.29, 0.717) is 23.1 Å². The van der Waals surface area contributed by atoms with Crippen LogP contribution in [0, 0.1) is 34.5 Å². The third-order valence-corrected chi connectivity index (χ3v) is 3.93. The third-order valence-electron chi connectivity index (χ3n) is 3.93. The zero-order chi connectivity index (χ0) is 16.8. The van der Waals surface area contributed by atoms with Gasteiger partial charge in [0.25, 0.3) is 5.91 Å². The molecule has 0 bridgehead atoms.